The number of carbonyl (C=O) groups is 1. The first-order chi connectivity index (χ1) is 11.3. The lowest BCUT2D eigenvalue weighted by Crippen LogP contribution is -2.10. The summed E-state index contributed by atoms with van der Waals surface area (Å²) in [6.45, 7) is 3.38. The maximum absolute atomic E-state index is 11.6. The Morgan fingerprint density at radius 2 is 1.57 bits per heavy atom. The van der Waals surface area contributed by atoms with Crippen LogP contribution in [-0.2, 0) is 16.1 Å². The minimum Gasteiger partial charge on any atom is -0.464 e. The van der Waals surface area contributed by atoms with E-state index in [2.05, 4.69) is 11.9 Å². The molecule has 0 amide bonds. The number of hydrogen-bond acceptors (Lipinski definition) is 3. The zero-order valence-electron chi connectivity index (χ0n) is 14.8. The van der Waals surface area contributed by atoms with Crippen molar-refractivity contribution in [2.24, 2.45) is 0 Å². The zero-order chi connectivity index (χ0) is 16.6. The second kappa shape index (κ2) is 14.3. The first kappa shape index (κ1) is 19.7. The van der Waals surface area contributed by atoms with E-state index in [-0.39, 0.29) is 5.97 Å². The van der Waals surface area contributed by atoms with E-state index in [1.54, 1.807) is 12.5 Å². The van der Waals surface area contributed by atoms with Crippen LogP contribution in [0.2, 0.25) is 0 Å². The van der Waals surface area contributed by atoms with Gasteiger partial charge in [0, 0.05) is 18.8 Å². The number of unbranched alkanes of at least 4 members (excludes halogenated alkanes) is 10. The molecule has 0 saturated carbocycles. The molecule has 1 rings (SSSR count). The summed E-state index contributed by atoms with van der Waals surface area (Å²) < 4.78 is 7.13. The van der Waals surface area contributed by atoms with Crippen molar-refractivity contribution in [3.05, 3.63) is 18.7 Å². The number of carbonyl (C=O) groups excluding carboxylic acids is 1. The standard InChI is InChI=1S/C19H34N2O2/c1-2-3-4-5-6-7-8-9-10-11-12-13-19(22)23-17-16-21-15-14-20-18-21/h14-15,18H,2-13,16-17H2,1H3. The van der Waals surface area contributed by atoms with E-state index in [0.29, 0.717) is 19.6 Å². The number of nitrogens with zero attached hydrogens (tertiary/aromatic N) is 2. The first-order valence-corrected chi connectivity index (χ1v) is 9.44. The minimum atomic E-state index is -0.0685. The SMILES string of the molecule is CCCCCCCCCCCCCC(=O)OCCn1ccnc1. The lowest BCUT2D eigenvalue weighted by molar-refractivity contribution is -0.144. The number of aromatic nitrogens is 2. The quantitative estimate of drug-likeness (QED) is 0.332. The maximum atomic E-state index is 11.6. The van der Waals surface area contributed by atoms with Crippen LogP contribution in [-0.4, -0.2) is 22.1 Å². The monoisotopic (exact) mass is 322 g/mol. The summed E-state index contributed by atoms with van der Waals surface area (Å²) in [6.07, 6.45) is 20.2. The van der Waals surface area contributed by atoms with Crippen LogP contribution in [0.1, 0.15) is 84.0 Å². The average molecular weight is 322 g/mol. The van der Waals surface area contributed by atoms with Crippen LogP contribution < -0.4 is 0 Å². The maximum Gasteiger partial charge on any atom is 0.305 e. The van der Waals surface area contributed by atoms with Crippen LogP contribution in [0.4, 0.5) is 0 Å². The predicted octanol–water partition coefficient (Wildman–Crippen LogP) is 5.13. The largest absolute Gasteiger partial charge is 0.464 e. The van der Waals surface area contributed by atoms with E-state index < -0.39 is 0 Å². The Morgan fingerprint density at radius 3 is 2.13 bits per heavy atom. The summed E-state index contributed by atoms with van der Waals surface area (Å²) in [5.74, 6) is -0.0685. The number of hydrogen-bond donors (Lipinski definition) is 0. The lowest BCUT2D eigenvalue weighted by Gasteiger charge is -2.05. The highest BCUT2D eigenvalue weighted by Gasteiger charge is 2.02. The van der Waals surface area contributed by atoms with E-state index >= 15 is 0 Å². The third kappa shape index (κ3) is 11.8. The smallest absolute Gasteiger partial charge is 0.305 e. The Hall–Kier alpha value is -1.32. The van der Waals surface area contributed by atoms with Gasteiger partial charge in [-0.3, -0.25) is 4.79 Å². The molecule has 23 heavy (non-hydrogen) atoms. The summed E-state index contributed by atoms with van der Waals surface area (Å²) >= 11 is 0. The fourth-order valence-corrected chi connectivity index (χ4v) is 2.69. The van der Waals surface area contributed by atoms with Crippen molar-refractivity contribution in [3.63, 3.8) is 0 Å². The second-order valence-electron chi connectivity index (χ2n) is 6.31. The summed E-state index contributed by atoms with van der Waals surface area (Å²) in [7, 11) is 0. The lowest BCUT2D eigenvalue weighted by atomic mass is 10.1. The van der Waals surface area contributed by atoms with Gasteiger partial charge in [-0.05, 0) is 6.42 Å². The molecule has 0 unspecified atom stereocenters. The van der Waals surface area contributed by atoms with Crippen LogP contribution in [0.25, 0.3) is 0 Å². The normalized spacial score (nSPS) is 10.8. The highest BCUT2D eigenvalue weighted by molar-refractivity contribution is 5.69. The van der Waals surface area contributed by atoms with E-state index in [1.165, 1.54) is 57.8 Å². The first-order valence-electron chi connectivity index (χ1n) is 9.44. The van der Waals surface area contributed by atoms with Crippen molar-refractivity contribution < 1.29 is 9.53 Å². The van der Waals surface area contributed by atoms with Crippen LogP contribution in [0, 0.1) is 0 Å². The van der Waals surface area contributed by atoms with Gasteiger partial charge in [0.1, 0.15) is 6.61 Å². The topological polar surface area (TPSA) is 44.1 Å². The Morgan fingerprint density at radius 1 is 0.957 bits per heavy atom. The van der Waals surface area contributed by atoms with Gasteiger partial charge in [0.25, 0.3) is 0 Å². The van der Waals surface area contributed by atoms with E-state index in [1.807, 2.05) is 10.8 Å². The molecule has 0 spiro atoms. The number of ether oxygens (including phenoxy) is 1. The molecular formula is C19H34N2O2. The van der Waals surface area contributed by atoms with E-state index in [0.717, 1.165) is 12.8 Å². The molecule has 0 aliphatic carbocycles. The summed E-state index contributed by atoms with van der Waals surface area (Å²) in [5, 5.41) is 0. The molecule has 132 valence electrons. The van der Waals surface area contributed by atoms with Gasteiger partial charge < -0.3 is 9.30 Å². The zero-order valence-corrected chi connectivity index (χ0v) is 14.8. The van der Waals surface area contributed by atoms with Crippen molar-refractivity contribution in [2.45, 2.75) is 90.5 Å². The predicted molar refractivity (Wildman–Crippen MR) is 94.3 cm³/mol. The fraction of sp³-hybridized carbons (Fsp3) is 0.789. The van der Waals surface area contributed by atoms with Gasteiger partial charge in [0.2, 0.25) is 0 Å². The van der Waals surface area contributed by atoms with Crippen LogP contribution in [0.3, 0.4) is 0 Å². The summed E-state index contributed by atoms with van der Waals surface area (Å²) in [5.41, 5.74) is 0. The molecule has 0 radical (unpaired) electrons. The van der Waals surface area contributed by atoms with Gasteiger partial charge in [0.15, 0.2) is 0 Å². The molecule has 4 nitrogen and oxygen atoms in total. The van der Waals surface area contributed by atoms with Crippen molar-refractivity contribution in [2.75, 3.05) is 6.61 Å². The molecule has 0 aromatic carbocycles. The Balaban J connectivity index is 1.79. The highest BCUT2D eigenvalue weighted by atomic mass is 16.5. The fourth-order valence-electron chi connectivity index (χ4n) is 2.69. The minimum absolute atomic E-state index is 0.0685. The average Bonchev–Trinajstić information content (AvgIpc) is 3.06. The second-order valence-corrected chi connectivity index (χ2v) is 6.31. The molecular weight excluding hydrogens is 288 g/mol. The Bertz CT molecular complexity index is 377. The van der Waals surface area contributed by atoms with Crippen molar-refractivity contribution in [3.8, 4) is 0 Å². The summed E-state index contributed by atoms with van der Waals surface area (Å²) in [4.78, 5) is 15.5. The van der Waals surface area contributed by atoms with Crippen LogP contribution in [0.15, 0.2) is 18.7 Å². The van der Waals surface area contributed by atoms with Crippen LogP contribution in [0.5, 0.6) is 0 Å². The van der Waals surface area contributed by atoms with Crippen molar-refractivity contribution in [1.82, 2.24) is 9.55 Å². The molecule has 0 bridgehead atoms. The molecule has 4 heteroatoms. The molecule has 0 fully saturated rings. The van der Waals surface area contributed by atoms with E-state index in [9.17, 15) is 4.79 Å². The number of esters is 1. The number of rotatable bonds is 15. The highest BCUT2D eigenvalue weighted by Crippen LogP contribution is 2.12. The third-order valence-corrected chi connectivity index (χ3v) is 4.16. The Labute approximate surface area is 141 Å². The number of imidazole rings is 1. The molecule has 0 N–H and O–H groups in total. The van der Waals surface area contributed by atoms with Gasteiger partial charge in [0.05, 0.1) is 12.9 Å². The molecule has 0 atom stereocenters. The molecule has 0 aliphatic rings. The van der Waals surface area contributed by atoms with E-state index in [4.69, 9.17) is 4.74 Å². The molecule has 0 saturated heterocycles. The van der Waals surface area contributed by atoms with Gasteiger partial charge in [-0.25, -0.2) is 4.98 Å². The van der Waals surface area contributed by atoms with Gasteiger partial charge >= 0.3 is 5.97 Å². The van der Waals surface area contributed by atoms with Crippen LogP contribution >= 0.6 is 0 Å². The third-order valence-electron chi connectivity index (χ3n) is 4.16. The van der Waals surface area contributed by atoms with Crippen molar-refractivity contribution in [1.29, 1.82) is 0 Å². The summed E-state index contributed by atoms with van der Waals surface area (Å²) in [6, 6.07) is 0. The van der Waals surface area contributed by atoms with Gasteiger partial charge in [-0.15, -0.1) is 0 Å². The van der Waals surface area contributed by atoms with Crippen molar-refractivity contribution >= 4 is 5.97 Å². The molecule has 1 aromatic heterocycles. The Kier molecular flexibility index (Phi) is 12.3. The molecule has 1 heterocycles. The van der Waals surface area contributed by atoms with Gasteiger partial charge in [-0.1, -0.05) is 71.1 Å². The molecule has 0 aliphatic heterocycles. The van der Waals surface area contributed by atoms with Gasteiger partial charge in [-0.2, -0.15) is 0 Å². The molecule has 1 aromatic rings.